The third-order valence-electron chi connectivity index (χ3n) is 2.86. The van der Waals surface area contributed by atoms with Gasteiger partial charge >= 0.3 is 11.9 Å². The molecule has 0 aliphatic rings. The molecular formula is C15H11FO5. The Labute approximate surface area is 119 Å². The average molecular weight is 290 g/mol. The van der Waals surface area contributed by atoms with E-state index < -0.39 is 17.8 Å². The third kappa shape index (κ3) is 3.00. The number of hydrogen-bond donors (Lipinski definition) is 2. The molecule has 2 N–H and O–H groups in total. The van der Waals surface area contributed by atoms with Gasteiger partial charge < -0.3 is 14.9 Å². The average Bonchev–Trinajstić information content (AvgIpc) is 2.46. The molecule has 5 nitrogen and oxygen atoms in total. The van der Waals surface area contributed by atoms with Gasteiger partial charge in [-0.2, -0.15) is 0 Å². The molecule has 6 heteroatoms. The van der Waals surface area contributed by atoms with E-state index >= 15 is 0 Å². The van der Waals surface area contributed by atoms with Gasteiger partial charge in [-0.25, -0.2) is 14.0 Å². The van der Waals surface area contributed by atoms with Gasteiger partial charge in [-0.05, 0) is 42.0 Å². The van der Waals surface area contributed by atoms with Gasteiger partial charge in [0.25, 0.3) is 0 Å². The molecule has 0 aliphatic carbocycles. The van der Waals surface area contributed by atoms with E-state index in [2.05, 4.69) is 4.74 Å². The molecule has 0 atom stereocenters. The maximum Gasteiger partial charge on any atom is 0.337 e. The number of carbonyl (C=O) groups excluding carboxylic acids is 1. The quantitative estimate of drug-likeness (QED) is 0.849. The predicted molar refractivity (Wildman–Crippen MR) is 71.8 cm³/mol. The zero-order valence-electron chi connectivity index (χ0n) is 11.0. The van der Waals surface area contributed by atoms with Crippen molar-refractivity contribution in [2.24, 2.45) is 0 Å². The van der Waals surface area contributed by atoms with Crippen LogP contribution in [0.5, 0.6) is 5.75 Å². The number of esters is 1. The summed E-state index contributed by atoms with van der Waals surface area (Å²) < 4.78 is 18.5. The largest absolute Gasteiger partial charge is 0.508 e. The zero-order chi connectivity index (χ0) is 15.6. The van der Waals surface area contributed by atoms with Crippen molar-refractivity contribution in [1.29, 1.82) is 0 Å². The van der Waals surface area contributed by atoms with Crippen molar-refractivity contribution in [3.8, 4) is 16.9 Å². The van der Waals surface area contributed by atoms with Crippen molar-refractivity contribution in [3.63, 3.8) is 0 Å². The van der Waals surface area contributed by atoms with Crippen molar-refractivity contribution in [1.82, 2.24) is 0 Å². The first-order valence-corrected chi connectivity index (χ1v) is 5.88. The number of carboxylic acid groups (broad SMARTS) is 1. The van der Waals surface area contributed by atoms with Crippen molar-refractivity contribution in [2.45, 2.75) is 0 Å². The van der Waals surface area contributed by atoms with Crippen LogP contribution in [0.3, 0.4) is 0 Å². The summed E-state index contributed by atoms with van der Waals surface area (Å²) in [6.07, 6.45) is 0. The van der Waals surface area contributed by atoms with Crippen LogP contribution in [0.1, 0.15) is 20.7 Å². The highest BCUT2D eigenvalue weighted by atomic mass is 19.1. The van der Waals surface area contributed by atoms with E-state index in [1.807, 2.05) is 0 Å². The number of aromatic hydroxyl groups is 1. The summed E-state index contributed by atoms with van der Waals surface area (Å²) >= 11 is 0. The molecule has 0 fully saturated rings. The number of rotatable bonds is 3. The molecule has 0 bridgehead atoms. The van der Waals surface area contributed by atoms with Gasteiger partial charge in [0, 0.05) is 5.56 Å². The number of ether oxygens (including phenoxy) is 1. The van der Waals surface area contributed by atoms with Gasteiger partial charge in [0.2, 0.25) is 0 Å². The molecular weight excluding hydrogens is 279 g/mol. The molecule has 21 heavy (non-hydrogen) atoms. The maximum atomic E-state index is 13.9. The molecule has 2 aromatic rings. The maximum absolute atomic E-state index is 13.9. The van der Waals surface area contributed by atoms with Crippen LogP contribution in [-0.2, 0) is 4.74 Å². The number of methoxy groups -OCH3 is 1. The fraction of sp³-hybridized carbons (Fsp3) is 0.0667. The number of halogens is 1. The number of hydrogen-bond acceptors (Lipinski definition) is 4. The van der Waals surface area contributed by atoms with E-state index in [1.165, 1.54) is 31.4 Å². The first-order chi connectivity index (χ1) is 9.92. The number of aromatic carboxylic acids is 1. The minimum atomic E-state index is -1.25. The first-order valence-electron chi connectivity index (χ1n) is 5.88. The summed E-state index contributed by atoms with van der Waals surface area (Å²) in [6, 6.07) is 7.04. The topological polar surface area (TPSA) is 83.8 Å². The van der Waals surface area contributed by atoms with Crippen molar-refractivity contribution < 1.29 is 28.9 Å². The third-order valence-corrected chi connectivity index (χ3v) is 2.86. The Kier molecular flexibility index (Phi) is 3.89. The van der Waals surface area contributed by atoms with Crippen LogP contribution >= 0.6 is 0 Å². The van der Waals surface area contributed by atoms with Crippen molar-refractivity contribution in [2.75, 3.05) is 7.11 Å². The molecule has 0 spiro atoms. The second kappa shape index (κ2) is 5.62. The van der Waals surface area contributed by atoms with Gasteiger partial charge in [0.1, 0.15) is 11.6 Å². The molecule has 0 unspecified atom stereocenters. The van der Waals surface area contributed by atoms with E-state index in [4.69, 9.17) is 5.11 Å². The van der Waals surface area contributed by atoms with Gasteiger partial charge in [-0.1, -0.05) is 0 Å². The Morgan fingerprint density at radius 1 is 1.10 bits per heavy atom. The fourth-order valence-corrected chi connectivity index (χ4v) is 1.88. The number of phenolic OH excluding ortho intramolecular Hbond substituents is 1. The number of benzene rings is 2. The van der Waals surface area contributed by atoms with E-state index in [0.29, 0.717) is 0 Å². The number of carboxylic acids is 1. The standard InChI is InChI=1S/C15H11FO5/c1-21-15(20)8-2-3-13(16)12(7-8)9-4-10(14(18)19)6-11(17)5-9/h2-7,17H,1H3,(H,18,19). The van der Waals surface area contributed by atoms with Crippen LogP contribution in [-0.4, -0.2) is 29.3 Å². The summed E-state index contributed by atoms with van der Waals surface area (Å²) in [7, 11) is 1.20. The fourth-order valence-electron chi connectivity index (χ4n) is 1.88. The minimum Gasteiger partial charge on any atom is -0.508 e. The smallest absolute Gasteiger partial charge is 0.337 e. The molecule has 0 aliphatic heterocycles. The molecule has 2 aromatic carbocycles. The Morgan fingerprint density at radius 3 is 2.43 bits per heavy atom. The monoisotopic (exact) mass is 290 g/mol. The summed E-state index contributed by atoms with van der Waals surface area (Å²) in [5.74, 6) is -2.86. The summed E-state index contributed by atoms with van der Waals surface area (Å²) in [5, 5.41) is 18.5. The van der Waals surface area contributed by atoms with Crippen LogP contribution in [0, 0.1) is 5.82 Å². The van der Waals surface area contributed by atoms with E-state index in [9.17, 15) is 19.1 Å². The highest BCUT2D eigenvalue weighted by Gasteiger charge is 2.14. The SMILES string of the molecule is COC(=O)c1ccc(F)c(-c2cc(O)cc(C(=O)O)c2)c1. The zero-order valence-corrected chi connectivity index (χ0v) is 11.0. The normalized spacial score (nSPS) is 10.2. The Balaban J connectivity index is 2.60. The summed E-state index contributed by atoms with van der Waals surface area (Å²) in [5.41, 5.74) is 0.0777. The molecule has 0 heterocycles. The predicted octanol–water partition coefficient (Wildman–Crippen LogP) is 2.68. The highest BCUT2D eigenvalue weighted by molar-refractivity contribution is 5.92. The molecule has 0 radical (unpaired) electrons. The van der Waals surface area contributed by atoms with Crippen LogP contribution in [0.2, 0.25) is 0 Å². The number of carbonyl (C=O) groups is 2. The van der Waals surface area contributed by atoms with Crippen LogP contribution in [0.25, 0.3) is 11.1 Å². The van der Waals surface area contributed by atoms with E-state index in [-0.39, 0.29) is 28.0 Å². The second-order valence-electron chi connectivity index (χ2n) is 4.26. The van der Waals surface area contributed by atoms with Crippen LogP contribution < -0.4 is 0 Å². The second-order valence-corrected chi connectivity index (χ2v) is 4.26. The molecule has 108 valence electrons. The van der Waals surface area contributed by atoms with Crippen molar-refractivity contribution >= 4 is 11.9 Å². The van der Waals surface area contributed by atoms with Crippen LogP contribution in [0.15, 0.2) is 36.4 Å². The van der Waals surface area contributed by atoms with Gasteiger partial charge in [-0.3, -0.25) is 0 Å². The van der Waals surface area contributed by atoms with Gasteiger partial charge in [0.15, 0.2) is 0 Å². The Hall–Kier alpha value is -2.89. The Morgan fingerprint density at radius 2 is 1.81 bits per heavy atom. The first kappa shape index (κ1) is 14.5. The summed E-state index contributed by atoms with van der Waals surface area (Å²) in [4.78, 5) is 22.4. The lowest BCUT2D eigenvalue weighted by atomic mass is 10.00. The molecule has 0 saturated carbocycles. The highest BCUT2D eigenvalue weighted by Crippen LogP contribution is 2.28. The lowest BCUT2D eigenvalue weighted by Crippen LogP contribution is -2.02. The number of phenols is 1. The molecule has 0 amide bonds. The van der Waals surface area contributed by atoms with E-state index in [1.54, 1.807) is 0 Å². The Bertz CT molecular complexity index is 724. The lowest BCUT2D eigenvalue weighted by molar-refractivity contribution is 0.0599. The van der Waals surface area contributed by atoms with Gasteiger partial charge in [-0.15, -0.1) is 0 Å². The van der Waals surface area contributed by atoms with Gasteiger partial charge in [0.05, 0.1) is 18.2 Å². The van der Waals surface area contributed by atoms with Crippen molar-refractivity contribution in [3.05, 3.63) is 53.3 Å². The summed E-state index contributed by atoms with van der Waals surface area (Å²) in [6.45, 7) is 0. The molecule has 0 aromatic heterocycles. The lowest BCUT2D eigenvalue weighted by Gasteiger charge is -2.08. The van der Waals surface area contributed by atoms with Crippen LogP contribution in [0.4, 0.5) is 4.39 Å². The molecule has 2 rings (SSSR count). The van der Waals surface area contributed by atoms with E-state index in [0.717, 1.165) is 12.1 Å². The molecule has 0 saturated heterocycles. The minimum absolute atomic E-state index is 0.00343.